The molecule has 3 fully saturated rings. The topological polar surface area (TPSA) is 194 Å². The van der Waals surface area contributed by atoms with Crippen LogP contribution in [0.2, 0.25) is 10.2 Å². The molecule has 2 aromatic rings. The number of alkyl halides is 3. The van der Waals surface area contributed by atoms with Crippen molar-refractivity contribution < 1.29 is 55.0 Å². The monoisotopic (exact) mass is 918 g/mol. The van der Waals surface area contributed by atoms with Crippen molar-refractivity contribution in [2.75, 3.05) is 13.2 Å². The largest absolute Gasteiger partial charge is 0.494 e. The number of hydrogen-bond acceptors (Lipinski definition) is 11. The van der Waals surface area contributed by atoms with E-state index in [9.17, 15) is 40.8 Å². The number of fused-ring (bicyclic) bond motifs is 3. The minimum absolute atomic E-state index is 0.0205. The quantitative estimate of drug-likeness (QED) is 0.122. The van der Waals surface area contributed by atoms with Gasteiger partial charge in [0.2, 0.25) is 27.4 Å². The molecule has 3 heterocycles. The van der Waals surface area contributed by atoms with E-state index in [1.54, 1.807) is 31.2 Å². The number of allylic oxidation sites excluding steroid dienone is 1. The molecule has 4 N–H and O–H groups in total. The summed E-state index contributed by atoms with van der Waals surface area (Å²) in [5, 5.41) is 3.21. The summed E-state index contributed by atoms with van der Waals surface area (Å²) in [4.78, 5) is 61.6. The van der Waals surface area contributed by atoms with Crippen LogP contribution < -0.4 is 30.4 Å². The number of nitrogens with one attached hydrogen (secondary N) is 4. The van der Waals surface area contributed by atoms with Gasteiger partial charge in [-0.05, 0) is 96.3 Å². The molecule has 1 aromatic carbocycles. The zero-order chi connectivity index (χ0) is 44.9. The van der Waals surface area contributed by atoms with Crippen LogP contribution in [0.3, 0.4) is 0 Å². The van der Waals surface area contributed by atoms with Crippen LogP contribution in [0.25, 0.3) is 10.9 Å². The minimum atomic E-state index is -4.90. The molecular formula is C40H51Cl2F3N6O9S. The molecule has 2 saturated carbocycles. The molecule has 15 nitrogen and oxygen atoms in total. The van der Waals surface area contributed by atoms with Gasteiger partial charge in [0.25, 0.3) is 5.91 Å². The molecule has 1 aromatic heterocycles. The first-order chi connectivity index (χ1) is 28.4. The second-order valence-corrected chi connectivity index (χ2v) is 20.2. The number of ether oxygens (including phenoxy) is 3. The number of hydrazine groups is 1. The highest BCUT2D eigenvalue weighted by molar-refractivity contribution is 7.91. The number of halogens is 5. The first kappa shape index (κ1) is 46.4. The van der Waals surface area contributed by atoms with Gasteiger partial charge in [-0.3, -0.25) is 24.5 Å². The zero-order valence-electron chi connectivity index (χ0n) is 34.6. The van der Waals surface area contributed by atoms with Gasteiger partial charge in [0.05, 0.1) is 28.4 Å². The molecule has 336 valence electrons. The van der Waals surface area contributed by atoms with Crippen LogP contribution >= 0.6 is 23.2 Å². The number of rotatable bonds is 10. The van der Waals surface area contributed by atoms with Gasteiger partial charge in [-0.25, -0.2) is 23.6 Å². The Morgan fingerprint density at radius 1 is 1.11 bits per heavy atom. The molecule has 2 aliphatic heterocycles. The van der Waals surface area contributed by atoms with E-state index in [1.165, 1.54) is 11.8 Å². The van der Waals surface area contributed by atoms with E-state index in [4.69, 9.17) is 32.7 Å². The Hall–Kier alpha value is -4.07. The Morgan fingerprint density at radius 2 is 1.82 bits per heavy atom. The Bertz CT molecular complexity index is 2210. The van der Waals surface area contributed by atoms with Gasteiger partial charge in [0, 0.05) is 17.7 Å². The molecule has 7 atom stereocenters. The van der Waals surface area contributed by atoms with Crippen molar-refractivity contribution in [3.8, 4) is 11.5 Å². The van der Waals surface area contributed by atoms with Crippen LogP contribution in [0, 0.1) is 17.8 Å². The number of benzene rings is 1. The molecule has 0 spiro atoms. The summed E-state index contributed by atoms with van der Waals surface area (Å²) in [7, 11) is -4.10. The Labute approximate surface area is 362 Å². The SMILES string of the molecule is CCOc1ccc2nc(Cl)c(OC3C[C@H]4C(=O)N[C@]5(C(=O)NS(=O)(=O)C6(C)CC6)C[C@H]5/C=C\CC[C@@H](C)C[C@@H](C)[C@H](NNC(=O)OC(C)(C)C(F)(F)F)C(=O)N4C3)c(Cl)c2c1. The fourth-order valence-corrected chi connectivity index (χ4v) is 9.61. The van der Waals surface area contributed by atoms with E-state index >= 15 is 0 Å². The third-order valence-electron chi connectivity index (χ3n) is 12.0. The standard InChI is InChI=1S/C40H51Cl2F3N6O9S/c1-7-58-24-12-13-27-26(17-24)29(41)31(32(42)46-27)59-25-18-28-33(52)47-39(35(54)50-61(56,57)38(6)14-15-38)19-23(39)11-9-8-10-21(2)16-22(3)30(34(53)51(28)20-25)48-49-36(55)60-37(4,5)40(43,44)45/h9,11-13,17,21-23,25,28,30,48H,7-8,10,14-16,18-20H2,1-6H3,(H,47,52)(H,49,55)(H,50,54)/b11-9-/t21-,22-,23-,25?,28+,30+,39-/m1/s1. The Morgan fingerprint density at radius 3 is 2.48 bits per heavy atom. The normalized spacial score (nSPS) is 28.6. The summed E-state index contributed by atoms with van der Waals surface area (Å²) in [6, 6.07) is 2.36. The maximum Gasteiger partial charge on any atom is 0.427 e. The maximum absolute atomic E-state index is 14.8. The smallest absolute Gasteiger partial charge is 0.427 e. The van der Waals surface area contributed by atoms with Crippen LogP contribution in [0.1, 0.15) is 86.5 Å². The van der Waals surface area contributed by atoms with Crippen molar-refractivity contribution in [2.24, 2.45) is 17.8 Å². The second kappa shape index (κ2) is 17.2. The van der Waals surface area contributed by atoms with E-state index < -0.39 is 85.9 Å². The van der Waals surface area contributed by atoms with Gasteiger partial charge in [0.15, 0.2) is 10.9 Å². The molecule has 0 bridgehead atoms. The molecule has 2 aliphatic carbocycles. The lowest BCUT2D eigenvalue weighted by Crippen LogP contribution is -2.61. The lowest BCUT2D eigenvalue weighted by Gasteiger charge is -2.33. The highest BCUT2D eigenvalue weighted by atomic mass is 35.5. The van der Waals surface area contributed by atoms with E-state index in [1.807, 2.05) is 19.9 Å². The first-order valence-electron chi connectivity index (χ1n) is 20.2. The molecular weight excluding hydrogens is 868 g/mol. The number of pyridine rings is 1. The summed E-state index contributed by atoms with van der Waals surface area (Å²) in [5.41, 5.74) is 0.578. The summed E-state index contributed by atoms with van der Waals surface area (Å²) in [5.74, 6) is -3.15. The number of nitrogens with zero attached hydrogens (tertiary/aromatic N) is 2. The highest BCUT2D eigenvalue weighted by Crippen LogP contribution is 2.48. The average molecular weight is 920 g/mol. The van der Waals surface area contributed by atoms with Crippen LogP contribution in [-0.2, 0) is 29.1 Å². The van der Waals surface area contributed by atoms with Gasteiger partial charge in [0.1, 0.15) is 29.5 Å². The second-order valence-electron chi connectivity index (χ2n) is 17.3. The zero-order valence-corrected chi connectivity index (χ0v) is 36.9. The number of hydrogen-bond donors (Lipinski definition) is 4. The van der Waals surface area contributed by atoms with Gasteiger partial charge in [-0.15, -0.1) is 0 Å². The van der Waals surface area contributed by atoms with E-state index in [-0.39, 0.29) is 41.2 Å². The summed E-state index contributed by atoms with van der Waals surface area (Å²) < 4.78 is 84.8. The van der Waals surface area contributed by atoms with Crippen molar-refractivity contribution in [2.45, 2.75) is 127 Å². The van der Waals surface area contributed by atoms with Gasteiger partial charge >= 0.3 is 12.3 Å². The lowest BCUT2D eigenvalue weighted by atomic mass is 9.88. The van der Waals surface area contributed by atoms with Crippen LogP contribution in [0.4, 0.5) is 18.0 Å². The first-order valence-corrected chi connectivity index (χ1v) is 22.4. The van der Waals surface area contributed by atoms with Crippen LogP contribution in [-0.4, -0.2) is 95.5 Å². The summed E-state index contributed by atoms with van der Waals surface area (Å²) >= 11 is 13.5. The Kier molecular flexibility index (Phi) is 13.1. The minimum Gasteiger partial charge on any atom is -0.494 e. The van der Waals surface area contributed by atoms with E-state index in [2.05, 4.69) is 30.6 Å². The number of carbonyl (C=O) groups is 4. The molecule has 6 rings (SSSR count). The van der Waals surface area contributed by atoms with Crippen molar-refractivity contribution in [3.05, 3.63) is 40.5 Å². The average Bonchev–Trinajstić information content (AvgIpc) is 4.04. The molecule has 1 saturated heterocycles. The Balaban J connectivity index is 1.35. The predicted octanol–water partition coefficient (Wildman–Crippen LogP) is 6.11. The van der Waals surface area contributed by atoms with Crippen molar-refractivity contribution >= 4 is 67.9 Å². The van der Waals surface area contributed by atoms with E-state index in [0.29, 0.717) is 69.2 Å². The van der Waals surface area contributed by atoms with Crippen LogP contribution in [0.15, 0.2) is 30.4 Å². The molecule has 4 aliphatic rings. The number of amides is 4. The lowest BCUT2D eigenvalue weighted by molar-refractivity contribution is -0.244. The number of aromatic nitrogens is 1. The van der Waals surface area contributed by atoms with Gasteiger partial charge < -0.3 is 24.4 Å². The third-order valence-corrected chi connectivity index (χ3v) is 14.8. The van der Waals surface area contributed by atoms with Crippen molar-refractivity contribution in [1.82, 2.24) is 30.8 Å². The van der Waals surface area contributed by atoms with Gasteiger partial charge in [-0.1, -0.05) is 49.2 Å². The summed E-state index contributed by atoms with van der Waals surface area (Å²) in [6.07, 6.45) is -1.53. The third kappa shape index (κ3) is 9.79. The molecule has 0 radical (unpaired) electrons. The summed E-state index contributed by atoms with van der Waals surface area (Å²) in [6.45, 7) is 8.49. The molecule has 1 unspecified atom stereocenters. The molecule has 21 heteroatoms. The van der Waals surface area contributed by atoms with E-state index in [0.717, 1.165) is 0 Å². The number of sulfonamides is 1. The maximum atomic E-state index is 14.8. The number of carbonyl (C=O) groups excluding carboxylic acids is 4. The van der Waals surface area contributed by atoms with Crippen LogP contribution in [0.5, 0.6) is 11.5 Å². The fraction of sp³-hybridized carbons (Fsp3) is 0.625. The predicted molar refractivity (Wildman–Crippen MR) is 219 cm³/mol. The molecule has 61 heavy (non-hydrogen) atoms. The van der Waals surface area contributed by atoms with Gasteiger partial charge in [-0.2, -0.15) is 13.2 Å². The van der Waals surface area contributed by atoms with Crippen molar-refractivity contribution in [1.29, 1.82) is 0 Å². The fourth-order valence-electron chi connectivity index (χ4n) is 7.73. The molecule has 4 amide bonds. The highest BCUT2D eigenvalue weighted by Gasteiger charge is 2.63. The van der Waals surface area contributed by atoms with Crippen molar-refractivity contribution in [3.63, 3.8) is 0 Å².